The van der Waals surface area contributed by atoms with Crippen LogP contribution < -0.4 is 10.6 Å². The van der Waals surface area contributed by atoms with Crippen LogP contribution in [0.15, 0.2) is 52.2 Å². The Morgan fingerprint density at radius 2 is 1.90 bits per heavy atom. The van der Waals surface area contributed by atoms with Gasteiger partial charge in [0.1, 0.15) is 35.0 Å². The molecule has 4 heterocycles. The van der Waals surface area contributed by atoms with Crippen LogP contribution in [-0.2, 0) is 14.4 Å². The number of carboxylic acids is 1. The SMILES string of the molecule is CC1(C)S[C@@H]2[C@H](NC(=O)[C@H](NC(=O)N3CCN(/N=C/c4ccco4)C3=O)c3ccc(O)cc3)C(=O)N2[C@H]1C(=O)O. The van der Waals surface area contributed by atoms with Crippen LogP contribution in [-0.4, -0.2) is 96.4 Å². The number of carboxylic acid groups (broad SMARTS) is 1. The summed E-state index contributed by atoms with van der Waals surface area (Å²) in [5.74, 6) is -2.07. The van der Waals surface area contributed by atoms with Crippen LogP contribution in [0.5, 0.6) is 5.75 Å². The summed E-state index contributed by atoms with van der Waals surface area (Å²) in [5, 5.41) is 29.0. The lowest BCUT2D eigenvalue weighted by Crippen LogP contribution is -2.71. The first-order valence-electron chi connectivity index (χ1n) is 12.3. The van der Waals surface area contributed by atoms with E-state index < -0.39 is 58.1 Å². The van der Waals surface area contributed by atoms with Gasteiger partial charge in [0, 0.05) is 4.75 Å². The second kappa shape index (κ2) is 10.2. The molecule has 1 aromatic carbocycles. The molecule has 2 aromatic rings. The molecule has 5 rings (SSSR count). The van der Waals surface area contributed by atoms with Crippen molar-refractivity contribution in [3.63, 3.8) is 0 Å². The zero-order valence-corrected chi connectivity index (χ0v) is 22.2. The molecular weight excluding hydrogens is 544 g/mol. The molecule has 3 fully saturated rings. The molecule has 3 aliphatic rings. The monoisotopic (exact) mass is 570 g/mol. The third kappa shape index (κ3) is 4.83. The maximum atomic E-state index is 13.4. The normalized spacial score (nSPS) is 24.1. The average molecular weight is 571 g/mol. The quantitative estimate of drug-likeness (QED) is 0.280. The number of imide groups is 1. The Morgan fingerprint density at radius 1 is 1.18 bits per heavy atom. The fraction of sp³-hybridized carbons (Fsp3) is 0.360. The molecule has 0 aliphatic carbocycles. The van der Waals surface area contributed by atoms with Gasteiger partial charge in [-0.1, -0.05) is 12.1 Å². The molecule has 0 bridgehead atoms. The largest absolute Gasteiger partial charge is 0.508 e. The number of nitrogens with zero attached hydrogens (tertiary/aromatic N) is 4. The number of carbonyl (C=O) groups is 5. The van der Waals surface area contributed by atoms with E-state index in [1.807, 2.05) is 0 Å². The number of phenolic OH excluding ortho intramolecular Hbond substituents is 1. The number of carbonyl (C=O) groups excluding carboxylic acids is 4. The highest BCUT2D eigenvalue weighted by Crippen LogP contribution is 2.50. The highest BCUT2D eigenvalue weighted by molar-refractivity contribution is 8.01. The zero-order chi connectivity index (χ0) is 28.8. The van der Waals surface area contributed by atoms with E-state index in [0.717, 1.165) is 9.91 Å². The standard InChI is InChI=1S/C25H26N6O8S/c1-25(2)18(22(35)36)31-20(34)17(21(31)40-25)27-19(33)16(13-5-7-14(32)8-6-13)28-23(37)29-9-10-30(24(29)38)26-12-15-4-3-11-39-15/h3-8,11-12,16-18,21,32H,9-10H2,1-2H3,(H,27,33)(H,28,37)(H,35,36)/b26-12+/t16-,17-,18+,21-/m1/s1. The number of rotatable bonds is 7. The molecule has 4 N–H and O–H groups in total. The Balaban J connectivity index is 1.30. The van der Waals surface area contributed by atoms with Gasteiger partial charge in [-0.15, -0.1) is 11.8 Å². The Bertz CT molecular complexity index is 1380. The van der Waals surface area contributed by atoms with E-state index in [1.54, 1.807) is 26.0 Å². The molecule has 1 aromatic heterocycles. The van der Waals surface area contributed by atoms with E-state index in [9.17, 15) is 34.2 Å². The van der Waals surface area contributed by atoms with E-state index >= 15 is 0 Å². The molecule has 210 valence electrons. The number of fused-ring (bicyclic) bond motifs is 1. The third-order valence-electron chi connectivity index (χ3n) is 6.83. The van der Waals surface area contributed by atoms with Gasteiger partial charge < -0.3 is 30.2 Å². The van der Waals surface area contributed by atoms with Crippen molar-refractivity contribution in [2.75, 3.05) is 13.1 Å². The van der Waals surface area contributed by atoms with Crippen LogP contribution in [0.1, 0.15) is 31.2 Å². The molecule has 3 aliphatic heterocycles. The van der Waals surface area contributed by atoms with Crippen molar-refractivity contribution in [1.29, 1.82) is 0 Å². The van der Waals surface area contributed by atoms with Crippen LogP contribution in [0, 0.1) is 0 Å². The molecule has 4 atom stereocenters. The predicted molar refractivity (Wildman–Crippen MR) is 140 cm³/mol. The first-order valence-corrected chi connectivity index (χ1v) is 13.1. The van der Waals surface area contributed by atoms with Crippen molar-refractivity contribution in [3.8, 4) is 5.75 Å². The van der Waals surface area contributed by atoms with Crippen LogP contribution in [0.25, 0.3) is 0 Å². The van der Waals surface area contributed by atoms with Gasteiger partial charge >= 0.3 is 18.0 Å². The summed E-state index contributed by atoms with van der Waals surface area (Å²) in [4.78, 5) is 66.2. The smallest absolute Gasteiger partial charge is 0.348 e. The molecular formula is C25H26N6O8S. The number of thioether (sulfide) groups is 1. The van der Waals surface area contributed by atoms with Gasteiger partial charge in [0.25, 0.3) is 0 Å². The fourth-order valence-corrected chi connectivity index (χ4v) is 6.49. The number of hydrazone groups is 1. The highest BCUT2D eigenvalue weighted by atomic mass is 32.2. The van der Waals surface area contributed by atoms with Gasteiger partial charge in [-0.3, -0.25) is 9.59 Å². The minimum atomic E-state index is -1.34. The van der Waals surface area contributed by atoms with Gasteiger partial charge in [-0.25, -0.2) is 24.3 Å². The third-order valence-corrected chi connectivity index (χ3v) is 8.40. The van der Waals surface area contributed by atoms with Crippen molar-refractivity contribution in [2.24, 2.45) is 5.10 Å². The van der Waals surface area contributed by atoms with Crippen molar-refractivity contribution in [1.82, 2.24) is 25.4 Å². The molecule has 0 saturated carbocycles. The van der Waals surface area contributed by atoms with E-state index in [1.165, 1.54) is 53.4 Å². The Labute approximate surface area is 232 Å². The zero-order valence-electron chi connectivity index (χ0n) is 21.4. The first kappa shape index (κ1) is 27.1. The Hall–Kier alpha value is -4.53. The van der Waals surface area contributed by atoms with Gasteiger partial charge in [-0.05, 0) is 43.7 Å². The summed E-state index contributed by atoms with van der Waals surface area (Å²) < 4.78 is 4.37. The average Bonchev–Trinajstić information content (AvgIpc) is 3.61. The fourth-order valence-electron chi connectivity index (χ4n) is 4.86. The summed E-state index contributed by atoms with van der Waals surface area (Å²) in [7, 11) is 0. The minimum absolute atomic E-state index is 0.00449. The number of amides is 6. The van der Waals surface area contributed by atoms with E-state index in [2.05, 4.69) is 15.7 Å². The van der Waals surface area contributed by atoms with Crippen molar-refractivity contribution in [3.05, 3.63) is 54.0 Å². The Kier molecular flexibility index (Phi) is 6.91. The van der Waals surface area contributed by atoms with Crippen LogP contribution in [0.3, 0.4) is 0 Å². The first-order chi connectivity index (χ1) is 19.0. The van der Waals surface area contributed by atoms with Gasteiger partial charge in [0.05, 0.1) is 25.6 Å². The van der Waals surface area contributed by atoms with Gasteiger partial charge in [-0.2, -0.15) is 5.10 Å². The Morgan fingerprint density at radius 3 is 2.55 bits per heavy atom. The summed E-state index contributed by atoms with van der Waals surface area (Å²) in [6.07, 6.45) is 2.79. The number of aliphatic carboxylic acids is 1. The molecule has 0 spiro atoms. The van der Waals surface area contributed by atoms with Crippen LogP contribution >= 0.6 is 11.8 Å². The lowest BCUT2D eigenvalue weighted by atomic mass is 9.95. The number of urea groups is 2. The number of furan rings is 1. The number of hydrogen-bond donors (Lipinski definition) is 4. The number of benzene rings is 1. The molecule has 15 heteroatoms. The van der Waals surface area contributed by atoms with Crippen molar-refractivity contribution in [2.45, 2.75) is 42.1 Å². The van der Waals surface area contributed by atoms with Gasteiger partial charge in [0.2, 0.25) is 11.8 Å². The molecule has 14 nitrogen and oxygen atoms in total. The van der Waals surface area contributed by atoms with Gasteiger partial charge in [0.15, 0.2) is 0 Å². The second-order valence-electron chi connectivity index (χ2n) is 9.88. The summed E-state index contributed by atoms with van der Waals surface area (Å²) >= 11 is 1.27. The summed E-state index contributed by atoms with van der Waals surface area (Å²) in [6, 6.07) is 3.86. The number of nitrogens with one attached hydrogen (secondary N) is 2. The topological polar surface area (TPSA) is 185 Å². The van der Waals surface area contributed by atoms with Crippen LogP contribution in [0.4, 0.5) is 9.59 Å². The predicted octanol–water partition coefficient (Wildman–Crippen LogP) is 1.14. The molecule has 0 radical (unpaired) electrons. The summed E-state index contributed by atoms with van der Waals surface area (Å²) in [6.45, 7) is 3.56. The molecule has 3 saturated heterocycles. The van der Waals surface area contributed by atoms with Crippen molar-refractivity contribution >= 4 is 47.8 Å². The van der Waals surface area contributed by atoms with E-state index in [-0.39, 0.29) is 24.4 Å². The van der Waals surface area contributed by atoms with E-state index in [0.29, 0.717) is 5.76 Å². The lowest BCUT2D eigenvalue weighted by molar-refractivity contribution is -0.161. The van der Waals surface area contributed by atoms with Crippen molar-refractivity contribution < 1.29 is 38.6 Å². The number of aromatic hydroxyl groups is 1. The maximum absolute atomic E-state index is 13.4. The number of β-lactam (4-membered cyclic amide) rings is 1. The molecule has 40 heavy (non-hydrogen) atoms. The van der Waals surface area contributed by atoms with Crippen LogP contribution in [0.2, 0.25) is 0 Å². The highest BCUT2D eigenvalue weighted by Gasteiger charge is 2.64. The number of hydrogen-bond acceptors (Lipinski definition) is 9. The summed E-state index contributed by atoms with van der Waals surface area (Å²) in [5.41, 5.74) is 0.287. The molecule has 0 unspecified atom stereocenters. The maximum Gasteiger partial charge on any atom is 0.348 e. The lowest BCUT2D eigenvalue weighted by Gasteiger charge is -2.44. The minimum Gasteiger partial charge on any atom is -0.508 e. The van der Waals surface area contributed by atoms with E-state index in [4.69, 9.17) is 4.42 Å². The number of phenols is 1. The second-order valence-corrected chi connectivity index (χ2v) is 11.6. The molecule has 6 amide bonds.